The molecular formula is C13H16ClFN2O. The molecule has 5 heteroatoms. The molecule has 0 saturated carbocycles. The van der Waals surface area contributed by atoms with E-state index in [2.05, 4.69) is 17.6 Å². The molecule has 1 aliphatic heterocycles. The Kier molecular flexibility index (Phi) is 4.19. The molecule has 1 fully saturated rings. The highest BCUT2D eigenvalue weighted by molar-refractivity contribution is 6.30. The minimum absolute atomic E-state index is 0.0135. The maximum atomic E-state index is 13.0. The van der Waals surface area contributed by atoms with Gasteiger partial charge in [0.05, 0.1) is 11.1 Å². The lowest BCUT2D eigenvalue weighted by atomic mass is 10.0. The van der Waals surface area contributed by atoms with Crippen molar-refractivity contribution >= 4 is 17.5 Å². The van der Waals surface area contributed by atoms with E-state index in [-0.39, 0.29) is 17.0 Å². The highest BCUT2D eigenvalue weighted by Crippen LogP contribution is 2.17. The summed E-state index contributed by atoms with van der Waals surface area (Å²) in [5.74, 6) is -0.111. The van der Waals surface area contributed by atoms with Crippen LogP contribution in [0.1, 0.15) is 18.9 Å². The zero-order valence-electron chi connectivity index (χ0n) is 10.2. The van der Waals surface area contributed by atoms with E-state index in [1.807, 2.05) is 0 Å². The summed E-state index contributed by atoms with van der Waals surface area (Å²) in [6.45, 7) is 3.30. The molecular weight excluding hydrogens is 255 g/mol. The second-order valence-corrected chi connectivity index (χ2v) is 5.07. The van der Waals surface area contributed by atoms with Crippen LogP contribution in [-0.4, -0.2) is 18.5 Å². The van der Waals surface area contributed by atoms with Crippen LogP contribution in [-0.2, 0) is 11.3 Å². The zero-order valence-corrected chi connectivity index (χ0v) is 10.9. The number of amides is 1. The van der Waals surface area contributed by atoms with Gasteiger partial charge in [-0.25, -0.2) is 4.39 Å². The Morgan fingerprint density at radius 3 is 3.00 bits per heavy atom. The number of carbonyl (C=O) groups excluding carboxylic acids is 1. The summed E-state index contributed by atoms with van der Waals surface area (Å²) in [6, 6.07) is 4.33. The van der Waals surface area contributed by atoms with Crippen molar-refractivity contribution in [2.45, 2.75) is 25.9 Å². The molecule has 2 atom stereocenters. The van der Waals surface area contributed by atoms with Crippen molar-refractivity contribution in [3.05, 3.63) is 34.6 Å². The van der Waals surface area contributed by atoms with Gasteiger partial charge >= 0.3 is 0 Å². The first-order valence-electron chi connectivity index (χ1n) is 6.03. The van der Waals surface area contributed by atoms with Crippen molar-refractivity contribution in [3.63, 3.8) is 0 Å². The molecule has 2 unspecified atom stereocenters. The molecule has 1 aromatic carbocycles. The van der Waals surface area contributed by atoms with Gasteiger partial charge in [0.2, 0.25) is 5.91 Å². The first-order chi connectivity index (χ1) is 8.58. The summed E-state index contributed by atoms with van der Waals surface area (Å²) in [6.07, 6.45) is 1.01. The number of nitrogens with one attached hydrogen (secondary N) is 2. The molecule has 1 aliphatic rings. The van der Waals surface area contributed by atoms with Crippen LogP contribution < -0.4 is 10.6 Å². The minimum atomic E-state index is -0.446. The van der Waals surface area contributed by atoms with Gasteiger partial charge in [0.1, 0.15) is 5.82 Å². The second kappa shape index (κ2) is 5.67. The monoisotopic (exact) mass is 270 g/mol. The van der Waals surface area contributed by atoms with E-state index in [0.717, 1.165) is 18.5 Å². The molecule has 0 bridgehead atoms. The summed E-state index contributed by atoms with van der Waals surface area (Å²) >= 11 is 5.68. The SMILES string of the molecule is CC1CCNC1C(=O)NCc1ccc(F)c(Cl)c1. The van der Waals surface area contributed by atoms with Crippen LogP contribution in [0.2, 0.25) is 5.02 Å². The van der Waals surface area contributed by atoms with E-state index in [9.17, 15) is 9.18 Å². The Morgan fingerprint density at radius 1 is 1.61 bits per heavy atom. The maximum Gasteiger partial charge on any atom is 0.237 e. The van der Waals surface area contributed by atoms with E-state index in [0.29, 0.717) is 12.5 Å². The Bertz CT molecular complexity index is 453. The van der Waals surface area contributed by atoms with Crippen LogP contribution in [0.3, 0.4) is 0 Å². The van der Waals surface area contributed by atoms with Gasteiger partial charge < -0.3 is 10.6 Å². The van der Waals surface area contributed by atoms with E-state index in [1.54, 1.807) is 6.07 Å². The molecule has 1 saturated heterocycles. The molecule has 1 aromatic rings. The Labute approximate surface area is 111 Å². The third kappa shape index (κ3) is 3.00. The van der Waals surface area contributed by atoms with Crippen LogP contribution in [0.25, 0.3) is 0 Å². The van der Waals surface area contributed by atoms with Crippen molar-refractivity contribution in [1.82, 2.24) is 10.6 Å². The van der Waals surface area contributed by atoms with E-state index in [1.165, 1.54) is 12.1 Å². The normalized spacial score (nSPS) is 23.1. The van der Waals surface area contributed by atoms with E-state index >= 15 is 0 Å². The standard InChI is InChI=1S/C13H16ClFN2O/c1-8-4-5-16-12(8)13(18)17-7-9-2-3-11(15)10(14)6-9/h2-3,6,8,12,16H,4-5,7H2,1H3,(H,17,18). The molecule has 0 radical (unpaired) electrons. The summed E-state index contributed by atoms with van der Waals surface area (Å²) in [5.41, 5.74) is 0.792. The van der Waals surface area contributed by atoms with E-state index < -0.39 is 5.82 Å². The smallest absolute Gasteiger partial charge is 0.237 e. The van der Waals surface area contributed by atoms with Gasteiger partial charge in [-0.15, -0.1) is 0 Å². The van der Waals surface area contributed by atoms with Crippen LogP contribution >= 0.6 is 11.6 Å². The topological polar surface area (TPSA) is 41.1 Å². The van der Waals surface area contributed by atoms with Crippen molar-refractivity contribution in [2.24, 2.45) is 5.92 Å². The van der Waals surface area contributed by atoms with Gasteiger partial charge in [0, 0.05) is 6.54 Å². The largest absolute Gasteiger partial charge is 0.351 e. The third-order valence-electron chi connectivity index (χ3n) is 3.27. The van der Waals surface area contributed by atoms with E-state index in [4.69, 9.17) is 11.6 Å². The quantitative estimate of drug-likeness (QED) is 0.883. The third-order valence-corrected chi connectivity index (χ3v) is 3.56. The predicted octanol–water partition coefficient (Wildman–Crippen LogP) is 2.09. The predicted molar refractivity (Wildman–Crippen MR) is 68.8 cm³/mol. The Morgan fingerprint density at radius 2 is 2.39 bits per heavy atom. The Balaban J connectivity index is 1.91. The lowest BCUT2D eigenvalue weighted by Crippen LogP contribution is -2.42. The molecule has 1 heterocycles. The zero-order chi connectivity index (χ0) is 13.1. The fraction of sp³-hybridized carbons (Fsp3) is 0.462. The van der Waals surface area contributed by atoms with Gasteiger partial charge in [-0.1, -0.05) is 24.6 Å². The molecule has 18 heavy (non-hydrogen) atoms. The molecule has 3 nitrogen and oxygen atoms in total. The lowest BCUT2D eigenvalue weighted by Gasteiger charge is -2.15. The van der Waals surface area contributed by atoms with Crippen LogP contribution in [0.15, 0.2) is 18.2 Å². The van der Waals surface area contributed by atoms with Gasteiger partial charge in [-0.3, -0.25) is 4.79 Å². The number of carbonyl (C=O) groups is 1. The van der Waals surface area contributed by atoms with Crippen LogP contribution in [0.4, 0.5) is 4.39 Å². The average molecular weight is 271 g/mol. The summed E-state index contributed by atoms with van der Waals surface area (Å²) < 4.78 is 13.0. The van der Waals surface area contributed by atoms with Gasteiger partial charge in [-0.2, -0.15) is 0 Å². The molecule has 2 rings (SSSR count). The average Bonchev–Trinajstić information content (AvgIpc) is 2.77. The summed E-state index contributed by atoms with van der Waals surface area (Å²) in [4.78, 5) is 11.9. The molecule has 0 spiro atoms. The van der Waals surface area contributed by atoms with Crippen LogP contribution in [0, 0.1) is 11.7 Å². The molecule has 0 aromatic heterocycles. The summed E-state index contributed by atoms with van der Waals surface area (Å²) in [7, 11) is 0. The van der Waals surface area contributed by atoms with Crippen LogP contribution in [0.5, 0.6) is 0 Å². The number of hydrogen-bond donors (Lipinski definition) is 2. The maximum absolute atomic E-state index is 13.0. The van der Waals surface area contributed by atoms with Gasteiger partial charge in [0.25, 0.3) is 0 Å². The molecule has 2 N–H and O–H groups in total. The molecule has 98 valence electrons. The van der Waals surface area contributed by atoms with Gasteiger partial charge in [0.15, 0.2) is 0 Å². The molecule has 0 aliphatic carbocycles. The van der Waals surface area contributed by atoms with Gasteiger partial charge in [-0.05, 0) is 36.6 Å². The number of halogens is 2. The summed E-state index contributed by atoms with van der Waals surface area (Å²) in [5, 5.41) is 6.08. The number of rotatable bonds is 3. The Hall–Kier alpha value is -1.13. The van der Waals surface area contributed by atoms with Crippen molar-refractivity contribution < 1.29 is 9.18 Å². The highest BCUT2D eigenvalue weighted by atomic mass is 35.5. The van der Waals surface area contributed by atoms with Crippen molar-refractivity contribution in [2.75, 3.05) is 6.54 Å². The second-order valence-electron chi connectivity index (χ2n) is 4.66. The lowest BCUT2D eigenvalue weighted by molar-refractivity contribution is -0.123. The van der Waals surface area contributed by atoms with Crippen molar-refractivity contribution in [3.8, 4) is 0 Å². The number of hydrogen-bond acceptors (Lipinski definition) is 2. The van der Waals surface area contributed by atoms with Crippen molar-refractivity contribution in [1.29, 1.82) is 0 Å². The minimum Gasteiger partial charge on any atom is -0.351 e. The molecule has 1 amide bonds. The fourth-order valence-corrected chi connectivity index (χ4v) is 2.34. The first-order valence-corrected chi connectivity index (χ1v) is 6.41. The number of benzene rings is 1. The fourth-order valence-electron chi connectivity index (χ4n) is 2.13. The first kappa shape index (κ1) is 13.3. The highest BCUT2D eigenvalue weighted by Gasteiger charge is 2.28.